The summed E-state index contributed by atoms with van der Waals surface area (Å²) in [7, 11) is 1.73. The highest BCUT2D eigenvalue weighted by Gasteiger charge is 2.08. The van der Waals surface area contributed by atoms with Gasteiger partial charge in [-0.25, -0.2) is 9.97 Å². The lowest BCUT2D eigenvalue weighted by Crippen LogP contribution is -2.05. The molecule has 7 nitrogen and oxygen atoms in total. The fraction of sp³-hybridized carbons (Fsp3) is 0.250. The van der Waals surface area contributed by atoms with E-state index >= 15 is 0 Å². The molecule has 2 heterocycles. The number of aryl methyl sites for hydroxylation is 1. The molecule has 3 N–H and O–H groups in total. The molecule has 0 fully saturated rings. The van der Waals surface area contributed by atoms with E-state index in [9.17, 15) is 0 Å². The Kier molecular flexibility index (Phi) is 2.20. The van der Waals surface area contributed by atoms with Crippen molar-refractivity contribution >= 4 is 11.9 Å². The highest BCUT2D eigenvalue weighted by molar-refractivity contribution is 5.37. The molecule has 0 saturated carbocycles. The predicted octanol–water partition coefficient (Wildman–Crippen LogP) is -0.0104. The number of hydrogen-bond acceptors (Lipinski definition) is 6. The Balaban J connectivity index is 2.48. The maximum Gasteiger partial charge on any atom is 0.244 e. The van der Waals surface area contributed by atoms with E-state index in [4.69, 9.17) is 5.73 Å². The van der Waals surface area contributed by atoms with Crippen LogP contribution < -0.4 is 11.1 Å². The molecular weight excluding hydrogens is 194 g/mol. The molecule has 2 aromatic heterocycles. The Morgan fingerprint density at radius 2 is 2.20 bits per heavy atom. The van der Waals surface area contributed by atoms with Gasteiger partial charge in [-0.05, 0) is 6.92 Å². The lowest BCUT2D eigenvalue weighted by atomic mass is 10.4. The third-order valence-electron chi connectivity index (χ3n) is 1.86. The van der Waals surface area contributed by atoms with Crippen molar-refractivity contribution < 1.29 is 0 Å². The molecule has 0 atom stereocenters. The molecule has 0 aliphatic heterocycles. The fourth-order valence-corrected chi connectivity index (χ4v) is 1.15. The van der Waals surface area contributed by atoms with Gasteiger partial charge in [0.1, 0.15) is 6.33 Å². The molecule has 0 radical (unpaired) electrons. The Morgan fingerprint density at radius 1 is 1.40 bits per heavy atom. The quantitative estimate of drug-likeness (QED) is 0.716. The van der Waals surface area contributed by atoms with Gasteiger partial charge in [0.05, 0.1) is 0 Å². The number of nitrogen functional groups attached to an aromatic ring is 1. The molecule has 2 aromatic rings. The van der Waals surface area contributed by atoms with E-state index in [2.05, 4.69) is 25.4 Å². The zero-order valence-electron chi connectivity index (χ0n) is 8.47. The smallest absolute Gasteiger partial charge is 0.244 e. The first-order valence-corrected chi connectivity index (χ1v) is 4.40. The van der Waals surface area contributed by atoms with E-state index in [1.165, 1.54) is 11.0 Å². The largest absolute Gasteiger partial charge is 0.368 e. The van der Waals surface area contributed by atoms with Crippen molar-refractivity contribution in [1.29, 1.82) is 0 Å². The van der Waals surface area contributed by atoms with Gasteiger partial charge in [0, 0.05) is 18.8 Å². The van der Waals surface area contributed by atoms with Gasteiger partial charge in [-0.1, -0.05) is 0 Å². The molecule has 78 valence electrons. The Labute approximate surface area is 86.4 Å². The average molecular weight is 205 g/mol. The molecule has 0 spiro atoms. The van der Waals surface area contributed by atoms with Crippen LogP contribution in [0.3, 0.4) is 0 Å². The Morgan fingerprint density at radius 3 is 2.80 bits per heavy atom. The van der Waals surface area contributed by atoms with Crippen molar-refractivity contribution in [2.24, 2.45) is 0 Å². The molecule has 15 heavy (non-hydrogen) atoms. The first-order chi connectivity index (χ1) is 7.20. The van der Waals surface area contributed by atoms with Gasteiger partial charge < -0.3 is 11.1 Å². The van der Waals surface area contributed by atoms with E-state index in [0.717, 1.165) is 5.69 Å². The normalized spacial score (nSPS) is 10.3. The van der Waals surface area contributed by atoms with Gasteiger partial charge in [-0.3, -0.25) is 0 Å². The van der Waals surface area contributed by atoms with Crippen LogP contribution in [0.15, 0.2) is 12.4 Å². The SMILES string of the molecule is CNc1nc(N)n(-c2cc(C)ncn2)n1. The molecule has 0 unspecified atom stereocenters. The van der Waals surface area contributed by atoms with Crippen molar-refractivity contribution in [2.75, 3.05) is 18.1 Å². The second-order valence-corrected chi connectivity index (χ2v) is 2.97. The van der Waals surface area contributed by atoms with Crippen LogP contribution >= 0.6 is 0 Å². The standard InChI is InChI=1S/C8H11N7/c1-5-3-6(12-4-11-5)15-7(9)13-8(10-2)14-15/h3-4H,1-2H3,(H3,9,10,13,14). The van der Waals surface area contributed by atoms with E-state index in [1.54, 1.807) is 13.1 Å². The number of nitrogens with zero attached hydrogens (tertiary/aromatic N) is 5. The second kappa shape index (κ2) is 3.52. The number of rotatable bonds is 2. The lowest BCUT2D eigenvalue weighted by molar-refractivity contribution is 0.845. The summed E-state index contributed by atoms with van der Waals surface area (Å²) in [6.07, 6.45) is 1.46. The molecule has 0 bridgehead atoms. The predicted molar refractivity (Wildman–Crippen MR) is 55.6 cm³/mol. The summed E-state index contributed by atoms with van der Waals surface area (Å²) in [6.45, 7) is 1.87. The number of anilines is 2. The van der Waals surface area contributed by atoms with E-state index in [1.807, 2.05) is 6.92 Å². The average Bonchev–Trinajstić information content (AvgIpc) is 2.60. The first-order valence-electron chi connectivity index (χ1n) is 4.40. The first kappa shape index (κ1) is 9.38. The Bertz CT molecular complexity index is 476. The molecule has 0 aromatic carbocycles. The number of aromatic nitrogens is 5. The van der Waals surface area contributed by atoms with Crippen molar-refractivity contribution in [2.45, 2.75) is 6.92 Å². The monoisotopic (exact) mass is 205 g/mol. The van der Waals surface area contributed by atoms with Gasteiger partial charge in [-0.2, -0.15) is 9.67 Å². The van der Waals surface area contributed by atoms with Crippen LogP contribution in [0, 0.1) is 6.92 Å². The lowest BCUT2D eigenvalue weighted by Gasteiger charge is -2.00. The minimum absolute atomic E-state index is 0.289. The molecule has 0 aliphatic carbocycles. The molecule has 0 saturated heterocycles. The van der Waals surface area contributed by atoms with Gasteiger partial charge in [0.15, 0.2) is 5.82 Å². The van der Waals surface area contributed by atoms with Crippen molar-refractivity contribution in [1.82, 2.24) is 24.7 Å². The van der Waals surface area contributed by atoms with Crippen LogP contribution in [0.5, 0.6) is 0 Å². The van der Waals surface area contributed by atoms with Gasteiger partial charge >= 0.3 is 0 Å². The van der Waals surface area contributed by atoms with Crippen LogP contribution in [0.1, 0.15) is 5.69 Å². The summed E-state index contributed by atoms with van der Waals surface area (Å²) in [5, 5.41) is 6.92. The van der Waals surface area contributed by atoms with E-state index in [-0.39, 0.29) is 5.95 Å². The number of nitrogens with two attached hydrogens (primary N) is 1. The number of nitrogens with one attached hydrogen (secondary N) is 1. The van der Waals surface area contributed by atoms with Crippen LogP contribution in [0.4, 0.5) is 11.9 Å². The second-order valence-electron chi connectivity index (χ2n) is 2.97. The zero-order valence-corrected chi connectivity index (χ0v) is 8.47. The maximum atomic E-state index is 5.69. The van der Waals surface area contributed by atoms with Crippen LogP contribution in [-0.2, 0) is 0 Å². The highest BCUT2D eigenvalue weighted by Crippen LogP contribution is 2.10. The van der Waals surface area contributed by atoms with Crippen LogP contribution in [0.25, 0.3) is 5.82 Å². The van der Waals surface area contributed by atoms with Crippen molar-refractivity contribution in [3.8, 4) is 5.82 Å². The summed E-state index contributed by atoms with van der Waals surface area (Å²) in [5.41, 5.74) is 6.54. The molecule has 2 rings (SSSR count). The molecular formula is C8H11N7. The molecule has 0 amide bonds. The third kappa shape index (κ3) is 1.71. The van der Waals surface area contributed by atoms with Gasteiger partial charge in [-0.15, -0.1) is 5.10 Å². The van der Waals surface area contributed by atoms with E-state index < -0.39 is 0 Å². The molecule has 0 aliphatic rings. The van der Waals surface area contributed by atoms with Gasteiger partial charge in [0.25, 0.3) is 0 Å². The van der Waals surface area contributed by atoms with Gasteiger partial charge in [0.2, 0.25) is 11.9 Å². The number of hydrogen-bond donors (Lipinski definition) is 2. The van der Waals surface area contributed by atoms with Crippen molar-refractivity contribution in [3.05, 3.63) is 18.1 Å². The maximum absolute atomic E-state index is 5.69. The topological polar surface area (TPSA) is 94.5 Å². The molecule has 7 heteroatoms. The highest BCUT2D eigenvalue weighted by atomic mass is 15.4. The third-order valence-corrected chi connectivity index (χ3v) is 1.86. The minimum Gasteiger partial charge on any atom is -0.368 e. The minimum atomic E-state index is 0.289. The summed E-state index contributed by atoms with van der Waals surface area (Å²) in [6, 6.07) is 1.78. The zero-order chi connectivity index (χ0) is 10.8. The summed E-state index contributed by atoms with van der Waals surface area (Å²) < 4.78 is 1.46. The summed E-state index contributed by atoms with van der Waals surface area (Å²) in [5.74, 6) is 1.36. The fourth-order valence-electron chi connectivity index (χ4n) is 1.15. The van der Waals surface area contributed by atoms with Crippen LogP contribution in [0.2, 0.25) is 0 Å². The summed E-state index contributed by atoms with van der Waals surface area (Å²) >= 11 is 0. The summed E-state index contributed by atoms with van der Waals surface area (Å²) in [4.78, 5) is 12.0. The van der Waals surface area contributed by atoms with E-state index in [0.29, 0.717) is 11.8 Å². The van der Waals surface area contributed by atoms with Crippen molar-refractivity contribution in [3.63, 3.8) is 0 Å². The Hall–Kier alpha value is -2.18. The van der Waals surface area contributed by atoms with Crippen LogP contribution in [-0.4, -0.2) is 31.8 Å².